The molecule has 1 heterocycles. The molecule has 94 valence electrons. The monoisotopic (exact) mass is 273 g/mol. The van der Waals surface area contributed by atoms with Crippen molar-refractivity contribution in [2.24, 2.45) is 0 Å². The SMILES string of the molecule is OC[C@H]1CCCCN1Cc1ccc(Cl)cc1Cl. The first kappa shape index (κ1) is 13.2. The normalized spacial score (nSPS) is 21.7. The number of likely N-dealkylation sites (tertiary alicyclic amines) is 1. The topological polar surface area (TPSA) is 23.5 Å². The van der Waals surface area contributed by atoms with Crippen LogP contribution in [0.1, 0.15) is 24.8 Å². The lowest BCUT2D eigenvalue weighted by molar-refractivity contribution is 0.0841. The molecule has 0 bridgehead atoms. The third kappa shape index (κ3) is 3.35. The molecule has 1 saturated heterocycles. The van der Waals surface area contributed by atoms with E-state index in [-0.39, 0.29) is 12.6 Å². The van der Waals surface area contributed by atoms with Gasteiger partial charge in [-0.25, -0.2) is 0 Å². The van der Waals surface area contributed by atoms with Crippen LogP contribution in [0.15, 0.2) is 18.2 Å². The van der Waals surface area contributed by atoms with Crippen molar-refractivity contribution >= 4 is 23.2 Å². The Morgan fingerprint density at radius 2 is 2.12 bits per heavy atom. The van der Waals surface area contributed by atoms with Crippen molar-refractivity contribution < 1.29 is 5.11 Å². The zero-order chi connectivity index (χ0) is 12.3. The highest BCUT2D eigenvalue weighted by molar-refractivity contribution is 6.35. The molecule has 0 unspecified atom stereocenters. The van der Waals surface area contributed by atoms with E-state index in [0.717, 1.165) is 25.1 Å². The third-order valence-electron chi connectivity index (χ3n) is 3.35. The highest BCUT2D eigenvalue weighted by Gasteiger charge is 2.22. The van der Waals surface area contributed by atoms with Crippen LogP contribution in [-0.4, -0.2) is 29.2 Å². The van der Waals surface area contributed by atoms with Gasteiger partial charge in [0, 0.05) is 22.6 Å². The summed E-state index contributed by atoms with van der Waals surface area (Å²) in [6, 6.07) is 5.88. The van der Waals surface area contributed by atoms with Crippen LogP contribution in [0.3, 0.4) is 0 Å². The van der Waals surface area contributed by atoms with E-state index in [1.165, 1.54) is 12.8 Å². The lowest BCUT2D eigenvalue weighted by Gasteiger charge is -2.34. The van der Waals surface area contributed by atoms with Gasteiger partial charge in [-0.05, 0) is 37.1 Å². The van der Waals surface area contributed by atoms with Crippen LogP contribution in [0.25, 0.3) is 0 Å². The van der Waals surface area contributed by atoms with E-state index >= 15 is 0 Å². The first-order valence-corrected chi connectivity index (χ1v) is 6.75. The van der Waals surface area contributed by atoms with Crippen LogP contribution in [0, 0.1) is 0 Å². The Morgan fingerprint density at radius 1 is 1.29 bits per heavy atom. The number of aliphatic hydroxyl groups excluding tert-OH is 1. The molecule has 1 aromatic carbocycles. The van der Waals surface area contributed by atoms with Gasteiger partial charge in [-0.3, -0.25) is 4.90 Å². The number of hydrogen-bond acceptors (Lipinski definition) is 2. The third-order valence-corrected chi connectivity index (χ3v) is 3.94. The van der Waals surface area contributed by atoms with Gasteiger partial charge in [-0.15, -0.1) is 0 Å². The van der Waals surface area contributed by atoms with Gasteiger partial charge in [0.25, 0.3) is 0 Å². The van der Waals surface area contributed by atoms with Gasteiger partial charge in [0.05, 0.1) is 6.61 Å². The van der Waals surface area contributed by atoms with Crippen molar-refractivity contribution in [3.05, 3.63) is 33.8 Å². The van der Waals surface area contributed by atoms with Crippen LogP contribution in [0.2, 0.25) is 10.0 Å². The molecule has 1 atom stereocenters. The van der Waals surface area contributed by atoms with E-state index in [9.17, 15) is 5.11 Å². The van der Waals surface area contributed by atoms with E-state index < -0.39 is 0 Å². The molecule has 2 nitrogen and oxygen atoms in total. The van der Waals surface area contributed by atoms with Crippen LogP contribution in [-0.2, 0) is 6.54 Å². The summed E-state index contributed by atoms with van der Waals surface area (Å²) < 4.78 is 0. The first-order chi connectivity index (χ1) is 8.20. The second-order valence-corrected chi connectivity index (χ2v) is 5.38. The summed E-state index contributed by atoms with van der Waals surface area (Å²) in [4.78, 5) is 2.30. The highest BCUT2D eigenvalue weighted by atomic mass is 35.5. The molecule has 1 aliphatic rings. The molecule has 0 spiro atoms. The van der Waals surface area contributed by atoms with Crippen LogP contribution < -0.4 is 0 Å². The van der Waals surface area contributed by atoms with E-state index in [4.69, 9.17) is 23.2 Å². The first-order valence-electron chi connectivity index (χ1n) is 5.99. The van der Waals surface area contributed by atoms with Gasteiger partial charge in [0.15, 0.2) is 0 Å². The quantitative estimate of drug-likeness (QED) is 0.913. The highest BCUT2D eigenvalue weighted by Crippen LogP contribution is 2.25. The number of aliphatic hydroxyl groups is 1. The maximum atomic E-state index is 9.36. The second kappa shape index (κ2) is 6.05. The number of benzene rings is 1. The van der Waals surface area contributed by atoms with Crippen molar-refractivity contribution in [1.82, 2.24) is 4.90 Å². The number of rotatable bonds is 3. The number of halogens is 2. The summed E-state index contributed by atoms with van der Waals surface area (Å²) in [5.74, 6) is 0. The van der Waals surface area contributed by atoms with Crippen LogP contribution in [0.5, 0.6) is 0 Å². The summed E-state index contributed by atoms with van der Waals surface area (Å²) in [6.45, 7) is 2.05. The molecule has 1 N–H and O–H groups in total. The minimum atomic E-state index is 0.227. The zero-order valence-corrected chi connectivity index (χ0v) is 11.2. The predicted octanol–water partition coefficient (Wildman–Crippen LogP) is 3.34. The lowest BCUT2D eigenvalue weighted by atomic mass is 10.0. The fourth-order valence-corrected chi connectivity index (χ4v) is 2.81. The average Bonchev–Trinajstić information content (AvgIpc) is 2.33. The van der Waals surface area contributed by atoms with Gasteiger partial charge in [0.1, 0.15) is 0 Å². The van der Waals surface area contributed by atoms with Gasteiger partial charge in [0.2, 0.25) is 0 Å². The molecule has 0 aliphatic carbocycles. The van der Waals surface area contributed by atoms with Gasteiger partial charge in [-0.1, -0.05) is 35.7 Å². The molecule has 0 radical (unpaired) electrons. The Labute approximate surface area is 112 Å². The summed E-state index contributed by atoms with van der Waals surface area (Å²) >= 11 is 12.0. The van der Waals surface area contributed by atoms with Crippen LogP contribution >= 0.6 is 23.2 Å². The van der Waals surface area contributed by atoms with E-state index in [2.05, 4.69) is 4.90 Å². The minimum absolute atomic E-state index is 0.227. The second-order valence-electron chi connectivity index (χ2n) is 4.54. The lowest BCUT2D eigenvalue weighted by Crippen LogP contribution is -2.41. The van der Waals surface area contributed by atoms with Crippen molar-refractivity contribution in [1.29, 1.82) is 0 Å². The molecule has 0 aromatic heterocycles. The van der Waals surface area contributed by atoms with Gasteiger partial charge < -0.3 is 5.11 Å². The maximum absolute atomic E-state index is 9.36. The van der Waals surface area contributed by atoms with Crippen molar-refractivity contribution in [3.63, 3.8) is 0 Å². The maximum Gasteiger partial charge on any atom is 0.0586 e. The fraction of sp³-hybridized carbons (Fsp3) is 0.538. The largest absolute Gasteiger partial charge is 0.395 e. The Hall–Kier alpha value is -0.280. The standard InChI is InChI=1S/C13H17Cl2NO/c14-11-5-4-10(13(15)7-11)8-16-6-2-1-3-12(16)9-17/h4-5,7,12,17H,1-3,6,8-9H2/t12-/m1/s1. The molecular weight excluding hydrogens is 257 g/mol. The van der Waals surface area contributed by atoms with E-state index in [1.54, 1.807) is 6.07 Å². The molecule has 4 heteroatoms. The van der Waals surface area contributed by atoms with Crippen molar-refractivity contribution in [3.8, 4) is 0 Å². The molecule has 2 rings (SSSR count). The number of hydrogen-bond donors (Lipinski definition) is 1. The molecular formula is C13H17Cl2NO. The fourth-order valence-electron chi connectivity index (χ4n) is 2.34. The molecule has 1 fully saturated rings. The van der Waals surface area contributed by atoms with E-state index in [0.29, 0.717) is 10.0 Å². The average molecular weight is 274 g/mol. The Morgan fingerprint density at radius 3 is 2.82 bits per heavy atom. The smallest absolute Gasteiger partial charge is 0.0586 e. The molecule has 0 saturated carbocycles. The zero-order valence-electron chi connectivity index (χ0n) is 9.70. The van der Waals surface area contributed by atoms with Gasteiger partial charge >= 0.3 is 0 Å². The minimum Gasteiger partial charge on any atom is -0.395 e. The van der Waals surface area contributed by atoms with Gasteiger partial charge in [-0.2, -0.15) is 0 Å². The molecule has 1 aromatic rings. The predicted molar refractivity (Wildman–Crippen MR) is 71.6 cm³/mol. The Bertz CT molecular complexity index is 384. The molecule has 0 amide bonds. The Kier molecular flexibility index (Phi) is 4.69. The summed E-state index contributed by atoms with van der Waals surface area (Å²) in [6.07, 6.45) is 3.47. The summed E-state index contributed by atoms with van der Waals surface area (Å²) in [5, 5.41) is 10.7. The summed E-state index contributed by atoms with van der Waals surface area (Å²) in [7, 11) is 0. The summed E-state index contributed by atoms with van der Waals surface area (Å²) in [5.41, 5.74) is 1.08. The molecule has 17 heavy (non-hydrogen) atoms. The number of piperidine rings is 1. The molecule has 1 aliphatic heterocycles. The van der Waals surface area contributed by atoms with Crippen LogP contribution in [0.4, 0.5) is 0 Å². The van der Waals surface area contributed by atoms with E-state index in [1.807, 2.05) is 12.1 Å². The number of nitrogens with zero attached hydrogens (tertiary/aromatic N) is 1. The van der Waals surface area contributed by atoms with Crippen molar-refractivity contribution in [2.75, 3.05) is 13.2 Å². The van der Waals surface area contributed by atoms with Crippen molar-refractivity contribution in [2.45, 2.75) is 31.8 Å². The Balaban J connectivity index is 2.08.